The normalized spacial score (nSPS) is 14.7. The Morgan fingerprint density at radius 3 is 2.28 bits per heavy atom. The van der Waals surface area contributed by atoms with Gasteiger partial charge in [0.25, 0.3) is 0 Å². The summed E-state index contributed by atoms with van der Waals surface area (Å²) in [6.45, 7) is 5.19. The fraction of sp³-hybridized carbons (Fsp3) is 0.682. The standard InChI is InChI=1S/C22H38N2O6S2/c1-21(2,17-32(29,30)15-13-25)11-7-12-22(3,20(26)24-23-4)19-9-6-8-18(16-19)10-14-31(5,27)28/h6,8-9,16,23,25H,7,10-15,17H2,1-5H3,(H,24,26)/t22-/m1/s1. The highest BCUT2D eigenvalue weighted by atomic mass is 32.2. The maximum atomic E-state index is 13.0. The van der Waals surface area contributed by atoms with Gasteiger partial charge in [-0.1, -0.05) is 44.5 Å². The summed E-state index contributed by atoms with van der Waals surface area (Å²) in [5.74, 6) is -0.460. The van der Waals surface area contributed by atoms with Gasteiger partial charge in [-0.15, -0.1) is 0 Å². The summed E-state index contributed by atoms with van der Waals surface area (Å²) in [6, 6.07) is 7.40. The van der Waals surface area contributed by atoms with Crippen LogP contribution in [0.4, 0.5) is 0 Å². The van der Waals surface area contributed by atoms with Crippen molar-refractivity contribution in [1.29, 1.82) is 0 Å². The lowest BCUT2D eigenvalue weighted by Gasteiger charge is -2.31. The van der Waals surface area contributed by atoms with Gasteiger partial charge in [0.15, 0.2) is 9.84 Å². The molecule has 0 saturated heterocycles. The van der Waals surface area contributed by atoms with Gasteiger partial charge in [-0.05, 0) is 42.7 Å². The number of carbonyl (C=O) groups is 1. The first kappa shape index (κ1) is 28.5. The van der Waals surface area contributed by atoms with E-state index in [-0.39, 0.29) is 23.2 Å². The van der Waals surface area contributed by atoms with Crippen LogP contribution in [0.2, 0.25) is 0 Å². The number of hydrogen-bond acceptors (Lipinski definition) is 7. The summed E-state index contributed by atoms with van der Waals surface area (Å²) in [4.78, 5) is 13.0. The lowest BCUT2D eigenvalue weighted by atomic mass is 9.75. The molecule has 0 aromatic heterocycles. The fourth-order valence-electron chi connectivity index (χ4n) is 3.81. The quantitative estimate of drug-likeness (QED) is 0.336. The molecule has 1 atom stereocenters. The predicted octanol–water partition coefficient (Wildman–Crippen LogP) is 1.39. The number of carbonyl (C=O) groups excluding carboxylic acids is 1. The molecule has 1 rings (SSSR count). The molecule has 0 radical (unpaired) electrons. The van der Waals surface area contributed by atoms with E-state index in [4.69, 9.17) is 5.11 Å². The first-order chi connectivity index (χ1) is 14.6. The third kappa shape index (κ3) is 9.56. The number of hydrogen-bond donors (Lipinski definition) is 3. The van der Waals surface area contributed by atoms with Crippen LogP contribution in [-0.4, -0.2) is 65.0 Å². The van der Waals surface area contributed by atoms with Gasteiger partial charge in [-0.25, -0.2) is 22.3 Å². The molecule has 0 bridgehead atoms. The summed E-state index contributed by atoms with van der Waals surface area (Å²) in [7, 11) is -4.84. The maximum absolute atomic E-state index is 13.0. The van der Waals surface area contributed by atoms with Gasteiger partial charge < -0.3 is 5.11 Å². The first-order valence-electron chi connectivity index (χ1n) is 10.7. The lowest BCUT2D eigenvalue weighted by Crippen LogP contribution is -2.47. The molecular weight excluding hydrogens is 452 g/mol. The molecule has 0 saturated carbocycles. The Morgan fingerprint density at radius 1 is 1.06 bits per heavy atom. The van der Waals surface area contributed by atoms with Crippen molar-refractivity contribution in [3.8, 4) is 0 Å². The highest BCUT2D eigenvalue weighted by molar-refractivity contribution is 7.91. The van der Waals surface area contributed by atoms with Crippen molar-refractivity contribution >= 4 is 25.6 Å². The predicted molar refractivity (Wildman–Crippen MR) is 128 cm³/mol. The van der Waals surface area contributed by atoms with Crippen LogP contribution in [0.3, 0.4) is 0 Å². The van der Waals surface area contributed by atoms with Crippen LogP contribution in [0.25, 0.3) is 0 Å². The minimum atomic E-state index is -3.34. The van der Waals surface area contributed by atoms with Gasteiger partial charge in [-0.2, -0.15) is 0 Å². The molecule has 0 aliphatic rings. The van der Waals surface area contributed by atoms with Gasteiger partial charge in [0.05, 0.1) is 29.3 Å². The first-order valence-corrected chi connectivity index (χ1v) is 14.6. The molecule has 0 fully saturated rings. The number of aryl methyl sites for hydroxylation is 1. The van der Waals surface area contributed by atoms with Crippen LogP contribution in [0.15, 0.2) is 24.3 Å². The summed E-state index contributed by atoms with van der Waals surface area (Å²) < 4.78 is 47.3. The number of amides is 1. The molecule has 0 unspecified atom stereocenters. The zero-order valence-corrected chi connectivity index (χ0v) is 21.4. The van der Waals surface area contributed by atoms with Crippen LogP contribution in [-0.2, 0) is 36.3 Å². The van der Waals surface area contributed by atoms with E-state index in [9.17, 15) is 21.6 Å². The molecule has 184 valence electrons. The van der Waals surface area contributed by atoms with Crippen LogP contribution in [0.5, 0.6) is 0 Å². The molecule has 1 amide bonds. The van der Waals surface area contributed by atoms with Crippen LogP contribution in [0.1, 0.15) is 51.2 Å². The molecule has 1 aromatic carbocycles. The highest BCUT2D eigenvalue weighted by Crippen LogP contribution is 2.34. The molecule has 0 heterocycles. The van der Waals surface area contributed by atoms with Gasteiger partial charge in [0.2, 0.25) is 5.91 Å². The molecule has 8 nitrogen and oxygen atoms in total. The molecule has 0 aliphatic carbocycles. The number of sulfone groups is 2. The minimum Gasteiger partial charge on any atom is -0.395 e. The van der Waals surface area contributed by atoms with Crippen molar-refractivity contribution in [2.75, 3.05) is 37.2 Å². The summed E-state index contributed by atoms with van der Waals surface area (Å²) >= 11 is 0. The minimum absolute atomic E-state index is 0.0268. The Balaban J connectivity index is 3.04. The Morgan fingerprint density at radius 2 is 1.72 bits per heavy atom. The second kappa shape index (κ2) is 11.6. The van der Waals surface area contributed by atoms with E-state index < -0.39 is 37.1 Å². The number of rotatable bonds is 14. The van der Waals surface area contributed by atoms with E-state index in [1.165, 1.54) is 6.26 Å². The summed E-state index contributed by atoms with van der Waals surface area (Å²) in [5.41, 5.74) is 5.57. The average molecular weight is 491 g/mol. The largest absolute Gasteiger partial charge is 0.395 e. The second-order valence-electron chi connectivity index (χ2n) is 9.45. The van der Waals surface area contributed by atoms with Crippen molar-refractivity contribution in [1.82, 2.24) is 10.9 Å². The van der Waals surface area contributed by atoms with Crippen molar-refractivity contribution in [3.63, 3.8) is 0 Å². The van der Waals surface area contributed by atoms with Crippen LogP contribution < -0.4 is 10.9 Å². The van der Waals surface area contributed by atoms with Gasteiger partial charge in [0, 0.05) is 13.3 Å². The van der Waals surface area contributed by atoms with Crippen molar-refractivity contribution in [2.45, 2.75) is 51.9 Å². The van der Waals surface area contributed by atoms with Crippen molar-refractivity contribution in [3.05, 3.63) is 35.4 Å². The highest BCUT2D eigenvalue weighted by Gasteiger charge is 2.36. The van der Waals surface area contributed by atoms with E-state index >= 15 is 0 Å². The zero-order chi connectivity index (χ0) is 24.6. The average Bonchev–Trinajstić information content (AvgIpc) is 2.65. The Bertz CT molecular complexity index is 974. The third-order valence-electron chi connectivity index (χ3n) is 5.61. The number of benzene rings is 1. The number of aliphatic hydroxyl groups excluding tert-OH is 1. The topological polar surface area (TPSA) is 130 Å². The van der Waals surface area contributed by atoms with E-state index in [0.717, 1.165) is 11.1 Å². The number of nitrogens with one attached hydrogen (secondary N) is 2. The Kier molecular flexibility index (Phi) is 10.3. The maximum Gasteiger partial charge on any atom is 0.244 e. The van der Waals surface area contributed by atoms with Crippen LogP contribution in [0, 0.1) is 5.41 Å². The third-order valence-corrected chi connectivity index (χ3v) is 8.58. The fourth-order valence-corrected chi connectivity index (χ4v) is 6.18. The molecular formula is C22H38N2O6S2. The summed E-state index contributed by atoms with van der Waals surface area (Å²) in [5, 5.41) is 8.96. The smallest absolute Gasteiger partial charge is 0.244 e. The van der Waals surface area contributed by atoms with E-state index in [0.29, 0.717) is 25.7 Å². The lowest BCUT2D eigenvalue weighted by molar-refractivity contribution is -0.127. The SMILES string of the molecule is CNNC(=O)[C@](C)(CCCC(C)(C)CS(=O)(=O)CCO)c1cccc(CCS(C)(=O)=O)c1. The van der Waals surface area contributed by atoms with Crippen molar-refractivity contribution < 1.29 is 26.7 Å². The zero-order valence-electron chi connectivity index (χ0n) is 19.8. The molecule has 32 heavy (non-hydrogen) atoms. The van der Waals surface area contributed by atoms with E-state index in [2.05, 4.69) is 10.9 Å². The van der Waals surface area contributed by atoms with Gasteiger partial charge >= 0.3 is 0 Å². The van der Waals surface area contributed by atoms with Gasteiger partial charge in [0.1, 0.15) is 9.84 Å². The number of aliphatic hydroxyl groups is 1. The number of hydrazine groups is 1. The molecule has 1 aromatic rings. The van der Waals surface area contributed by atoms with E-state index in [1.54, 1.807) is 7.05 Å². The molecule has 0 spiro atoms. The van der Waals surface area contributed by atoms with Gasteiger partial charge in [-0.3, -0.25) is 10.2 Å². The van der Waals surface area contributed by atoms with E-state index in [1.807, 2.05) is 45.0 Å². The Labute approximate surface area is 193 Å². The van der Waals surface area contributed by atoms with Crippen LogP contribution >= 0.6 is 0 Å². The summed E-state index contributed by atoms with van der Waals surface area (Å²) in [6.07, 6.45) is 3.26. The van der Waals surface area contributed by atoms with Crippen molar-refractivity contribution in [2.24, 2.45) is 5.41 Å². The second-order valence-corrected chi connectivity index (χ2v) is 13.9. The molecule has 0 aliphatic heterocycles. The Hall–Kier alpha value is -1.49. The molecule has 3 N–H and O–H groups in total. The monoisotopic (exact) mass is 490 g/mol. The molecule has 10 heteroatoms.